The topological polar surface area (TPSA) is 85.6 Å². The van der Waals surface area contributed by atoms with E-state index >= 15 is 0 Å². The molecule has 0 aliphatic heterocycles. The zero-order chi connectivity index (χ0) is 19.7. The van der Waals surface area contributed by atoms with Crippen molar-refractivity contribution in [2.45, 2.75) is 6.92 Å². The number of nitrogens with one attached hydrogen (secondary N) is 1. The number of para-hydroxylation sites is 1. The predicted octanol–water partition coefficient (Wildman–Crippen LogP) is 4.44. The van der Waals surface area contributed by atoms with Gasteiger partial charge in [0.25, 0.3) is 5.91 Å². The summed E-state index contributed by atoms with van der Waals surface area (Å²) < 4.78 is 11.0. The molecule has 0 spiro atoms. The summed E-state index contributed by atoms with van der Waals surface area (Å²) in [6.07, 6.45) is 0. The van der Waals surface area contributed by atoms with Crippen molar-refractivity contribution >= 4 is 50.0 Å². The predicted molar refractivity (Wildman–Crippen MR) is 108 cm³/mol. The van der Waals surface area contributed by atoms with E-state index in [0.29, 0.717) is 31.8 Å². The Kier molecular flexibility index (Phi) is 4.67. The summed E-state index contributed by atoms with van der Waals surface area (Å²) in [4.78, 5) is 37.1. The van der Waals surface area contributed by atoms with E-state index in [-0.39, 0.29) is 12.5 Å². The average molecular weight is 393 g/mol. The Morgan fingerprint density at radius 3 is 2.71 bits per heavy atom. The molecular formula is C21H15NO5S. The van der Waals surface area contributed by atoms with E-state index in [4.69, 9.17) is 9.15 Å². The molecule has 0 aliphatic rings. The van der Waals surface area contributed by atoms with Crippen LogP contribution in [0.3, 0.4) is 0 Å². The number of anilines is 1. The summed E-state index contributed by atoms with van der Waals surface area (Å²) in [5.74, 6) is -0.824. The molecule has 28 heavy (non-hydrogen) atoms. The van der Waals surface area contributed by atoms with Gasteiger partial charge in [-0.15, -0.1) is 11.3 Å². The lowest BCUT2D eigenvalue weighted by Gasteiger charge is -2.06. The largest absolute Gasteiger partial charge is 0.462 e. The van der Waals surface area contributed by atoms with Gasteiger partial charge in [0.2, 0.25) is 0 Å². The Morgan fingerprint density at radius 1 is 1.07 bits per heavy atom. The Bertz CT molecular complexity index is 1270. The molecule has 0 aliphatic carbocycles. The molecule has 4 rings (SSSR count). The van der Waals surface area contributed by atoms with Crippen molar-refractivity contribution in [3.63, 3.8) is 0 Å². The van der Waals surface area contributed by atoms with Crippen LogP contribution in [0.4, 0.5) is 5.69 Å². The lowest BCUT2D eigenvalue weighted by molar-refractivity contribution is 0.0526. The van der Waals surface area contributed by atoms with E-state index in [0.717, 1.165) is 5.39 Å². The van der Waals surface area contributed by atoms with Crippen LogP contribution in [0.5, 0.6) is 0 Å². The molecule has 2 aromatic heterocycles. The number of carbonyl (C=O) groups excluding carboxylic acids is 2. The SMILES string of the molecule is CCOC(=O)c1cccc(NC(=O)c2cc3c(=O)oc4ccccc4c3s2)c1. The number of thiophene rings is 1. The lowest BCUT2D eigenvalue weighted by atomic mass is 10.2. The quantitative estimate of drug-likeness (QED) is 0.409. The molecule has 7 heteroatoms. The molecule has 1 amide bonds. The molecule has 0 saturated carbocycles. The fourth-order valence-corrected chi connectivity index (χ4v) is 3.95. The molecule has 0 atom stereocenters. The molecule has 2 aromatic carbocycles. The summed E-state index contributed by atoms with van der Waals surface area (Å²) in [6, 6.07) is 15.2. The van der Waals surface area contributed by atoms with Crippen LogP contribution in [0.15, 0.2) is 63.8 Å². The molecular weight excluding hydrogens is 378 g/mol. The van der Waals surface area contributed by atoms with E-state index in [2.05, 4.69) is 5.32 Å². The lowest BCUT2D eigenvalue weighted by Crippen LogP contribution is -2.11. The molecule has 0 fully saturated rings. The van der Waals surface area contributed by atoms with Crippen LogP contribution in [0.1, 0.15) is 27.0 Å². The van der Waals surface area contributed by atoms with Gasteiger partial charge in [-0.2, -0.15) is 0 Å². The summed E-state index contributed by atoms with van der Waals surface area (Å²) in [7, 11) is 0. The van der Waals surface area contributed by atoms with Crippen LogP contribution in [-0.4, -0.2) is 18.5 Å². The number of esters is 1. The van der Waals surface area contributed by atoms with Crippen LogP contribution in [-0.2, 0) is 4.74 Å². The second-order valence-corrected chi connectivity index (χ2v) is 7.05. The standard InChI is InChI=1S/C21H15NO5S/c1-2-26-20(24)12-6-5-7-13(10-12)22-19(23)17-11-15-18(28-17)14-8-3-4-9-16(14)27-21(15)25/h3-11H,2H2,1H3,(H,22,23). The maximum atomic E-state index is 12.7. The van der Waals surface area contributed by atoms with Crippen molar-refractivity contribution in [1.29, 1.82) is 0 Å². The minimum absolute atomic E-state index is 0.272. The Hall–Kier alpha value is -3.45. The smallest absolute Gasteiger partial charge is 0.345 e. The first-order valence-electron chi connectivity index (χ1n) is 8.60. The molecule has 2 heterocycles. The number of hydrogen-bond donors (Lipinski definition) is 1. The number of rotatable bonds is 4. The third-order valence-electron chi connectivity index (χ3n) is 4.14. The van der Waals surface area contributed by atoms with Crippen LogP contribution < -0.4 is 10.9 Å². The van der Waals surface area contributed by atoms with Gasteiger partial charge in [-0.25, -0.2) is 9.59 Å². The van der Waals surface area contributed by atoms with Gasteiger partial charge in [-0.05, 0) is 43.3 Å². The second-order valence-electron chi connectivity index (χ2n) is 5.99. The molecule has 6 nitrogen and oxygen atoms in total. The van der Waals surface area contributed by atoms with E-state index in [9.17, 15) is 14.4 Å². The Morgan fingerprint density at radius 2 is 1.89 bits per heavy atom. The highest BCUT2D eigenvalue weighted by atomic mass is 32.1. The highest BCUT2D eigenvalue weighted by Crippen LogP contribution is 2.30. The maximum absolute atomic E-state index is 12.7. The first kappa shape index (κ1) is 17.9. The van der Waals surface area contributed by atoms with Crippen LogP contribution in [0.2, 0.25) is 0 Å². The van der Waals surface area contributed by atoms with Crippen molar-refractivity contribution in [2.24, 2.45) is 0 Å². The Balaban J connectivity index is 1.67. The van der Waals surface area contributed by atoms with Crippen LogP contribution in [0, 0.1) is 0 Å². The maximum Gasteiger partial charge on any atom is 0.345 e. The van der Waals surface area contributed by atoms with Crippen molar-refractivity contribution < 1.29 is 18.7 Å². The number of carbonyl (C=O) groups is 2. The molecule has 0 saturated heterocycles. The number of amides is 1. The number of benzene rings is 2. The fraction of sp³-hybridized carbons (Fsp3) is 0.0952. The van der Waals surface area contributed by atoms with Crippen molar-refractivity contribution in [3.8, 4) is 0 Å². The van der Waals surface area contributed by atoms with E-state index in [1.807, 2.05) is 12.1 Å². The minimum Gasteiger partial charge on any atom is -0.462 e. The zero-order valence-electron chi connectivity index (χ0n) is 14.9. The van der Waals surface area contributed by atoms with Gasteiger partial charge < -0.3 is 14.5 Å². The average Bonchev–Trinajstić information content (AvgIpc) is 3.15. The molecule has 1 N–H and O–H groups in total. The molecule has 0 unspecified atom stereocenters. The fourth-order valence-electron chi connectivity index (χ4n) is 2.88. The van der Waals surface area contributed by atoms with Gasteiger partial charge >= 0.3 is 11.6 Å². The number of hydrogen-bond acceptors (Lipinski definition) is 6. The normalized spacial score (nSPS) is 10.9. The van der Waals surface area contributed by atoms with E-state index < -0.39 is 11.6 Å². The summed E-state index contributed by atoms with van der Waals surface area (Å²) in [6.45, 7) is 2.00. The van der Waals surface area contributed by atoms with Crippen molar-refractivity contribution in [3.05, 3.63) is 75.5 Å². The Labute approximate surface area is 163 Å². The molecule has 4 aromatic rings. The molecule has 0 radical (unpaired) electrons. The van der Waals surface area contributed by atoms with Gasteiger partial charge in [0.15, 0.2) is 0 Å². The zero-order valence-corrected chi connectivity index (χ0v) is 15.7. The third-order valence-corrected chi connectivity index (χ3v) is 5.31. The number of ether oxygens (including phenoxy) is 1. The van der Waals surface area contributed by atoms with E-state index in [1.165, 1.54) is 17.4 Å². The summed E-state index contributed by atoms with van der Waals surface area (Å²) in [5.41, 5.74) is 0.816. The third kappa shape index (κ3) is 3.27. The first-order chi connectivity index (χ1) is 13.6. The minimum atomic E-state index is -0.478. The first-order valence-corrected chi connectivity index (χ1v) is 9.42. The van der Waals surface area contributed by atoms with Gasteiger partial charge in [-0.1, -0.05) is 18.2 Å². The second kappa shape index (κ2) is 7.28. The van der Waals surface area contributed by atoms with E-state index in [1.54, 1.807) is 43.3 Å². The monoisotopic (exact) mass is 393 g/mol. The highest BCUT2D eigenvalue weighted by Gasteiger charge is 2.16. The van der Waals surface area contributed by atoms with Gasteiger partial charge in [0.1, 0.15) is 5.58 Å². The molecule has 140 valence electrons. The van der Waals surface area contributed by atoms with Gasteiger partial charge in [0, 0.05) is 11.1 Å². The summed E-state index contributed by atoms with van der Waals surface area (Å²) >= 11 is 1.22. The van der Waals surface area contributed by atoms with Crippen molar-refractivity contribution in [2.75, 3.05) is 11.9 Å². The van der Waals surface area contributed by atoms with Gasteiger partial charge in [0.05, 0.1) is 27.1 Å². The molecule has 0 bridgehead atoms. The summed E-state index contributed by atoms with van der Waals surface area (Å²) in [5, 5.41) is 3.91. The highest BCUT2D eigenvalue weighted by molar-refractivity contribution is 7.21. The van der Waals surface area contributed by atoms with Crippen molar-refractivity contribution in [1.82, 2.24) is 0 Å². The van der Waals surface area contributed by atoms with Crippen LogP contribution >= 0.6 is 11.3 Å². The van der Waals surface area contributed by atoms with Crippen LogP contribution in [0.25, 0.3) is 21.1 Å². The number of fused-ring (bicyclic) bond motifs is 3. The van der Waals surface area contributed by atoms with Gasteiger partial charge in [-0.3, -0.25) is 4.79 Å².